The van der Waals surface area contributed by atoms with E-state index in [0.29, 0.717) is 6.54 Å². The molecule has 3 rings (SSSR count). The number of carbonyl (C=O) groups excluding carboxylic acids is 1. The van der Waals surface area contributed by atoms with Crippen LogP contribution in [0.5, 0.6) is 0 Å². The highest BCUT2D eigenvalue weighted by atomic mass is 35.5. The Morgan fingerprint density at radius 3 is 2.67 bits per heavy atom. The third-order valence-corrected chi connectivity index (χ3v) is 4.02. The summed E-state index contributed by atoms with van der Waals surface area (Å²) in [6, 6.07) is 9.79. The van der Waals surface area contributed by atoms with Crippen LogP contribution in [0, 0.1) is 5.92 Å². The fourth-order valence-corrected chi connectivity index (χ4v) is 2.43. The first-order valence-electron chi connectivity index (χ1n) is 8.04. The molecule has 0 saturated heterocycles. The maximum atomic E-state index is 12.1. The van der Waals surface area contributed by atoms with Gasteiger partial charge in [0.1, 0.15) is 5.69 Å². The Morgan fingerprint density at radius 2 is 2.00 bits per heavy atom. The van der Waals surface area contributed by atoms with Gasteiger partial charge in [-0.2, -0.15) is 0 Å². The predicted octanol–water partition coefficient (Wildman–Crippen LogP) is 2.04. The zero-order chi connectivity index (χ0) is 16.3. The van der Waals surface area contributed by atoms with Gasteiger partial charge in [-0.1, -0.05) is 23.4 Å². The molecule has 1 fully saturated rings. The third kappa shape index (κ3) is 4.79. The second-order valence-corrected chi connectivity index (χ2v) is 6.63. The van der Waals surface area contributed by atoms with Gasteiger partial charge in [0.15, 0.2) is 0 Å². The first-order valence-corrected chi connectivity index (χ1v) is 8.04. The molecular weight excluding hydrogens is 326 g/mol. The van der Waals surface area contributed by atoms with Crippen molar-refractivity contribution in [2.75, 3.05) is 13.1 Å². The molecule has 0 bridgehead atoms. The van der Waals surface area contributed by atoms with E-state index >= 15 is 0 Å². The smallest absolute Gasteiger partial charge is 0.234 e. The Morgan fingerprint density at radius 1 is 1.29 bits per heavy atom. The van der Waals surface area contributed by atoms with Gasteiger partial charge in [-0.25, -0.2) is 4.68 Å². The van der Waals surface area contributed by atoms with Crippen LogP contribution in [-0.2, 0) is 10.3 Å². The zero-order valence-electron chi connectivity index (χ0n) is 14.0. The second-order valence-electron chi connectivity index (χ2n) is 6.63. The van der Waals surface area contributed by atoms with E-state index in [-0.39, 0.29) is 18.3 Å². The Labute approximate surface area is 148 Å². The van der Waals surface area contributed by atoms with Gasteiger partial charge in [0.25, 0.3) is 0 Å². The van der Waals surface area contributed by atoms with Crippen LogP contribution in [0.2, 0.25) is 0 Å². The lowest BCUT2D eigenvalue weighted by Crippen LogP contribution is -2.45. The molecule has 0 aliphatic heterocycles. The van der Waals surface area contributed by atoms with Crippen LogP contribution in [0.25, 0.3) is 5.69 Å². The van der Waals surface area contributed by atoms with Crippen molar-refractivity contribution < 1.29 is 4.79 Å². The fourth-order valence-electron chi connectivity index (χ4n) is 2.43. The van der Waals surface area contributed by atoms with E-state index in [1.165, 1.54) is 12.8 Å². The van der Waals surface area contributed by atoms with Crippen LogP contribution in [0.15, 0.2) is 36.5 Å². The van der Waals surface area contributed by atoms with Crippen molar-refractivity contribution >= 4 is 18.3 Å². The number of aromatic nitrogens is 3. The molecule has 130 valence electrons. The van der Waals surface area contributed by atoms with Crippen molar-refractivity contribution in [1.29, 1.82) is 0 Å². The first kappa shape index (κ1) is 18.4. The Kier molecular flexibility index (Phi) is 5.96. The molecule has 1 saturated carbocycles. The summed E-state index contributed by atoms with van der Waals surface area (Å²) in [6.07, 6.45) is 4.42. The summed E-state index contributed by atoms with van der Waals surface area (Å²) in [5, 5.41) is 14.6. The molecule has 1 heterocycles. The summed E-state index contributed by atoms with van der Waals surface area (Å²) in [5.74, 6) is 0.742. The quantitative estimate of drug-likeness (QED) is 0.802. The Bertz CT molecular complexity index is 667. The summed E-state index contributed by atoms with van der Waals surface area (Å²) in [5.41, 5.74) is 1.11. The van der Waals surface area contributed by atoms with Crippen LogP contribution < -0.4 is 10.6 Å². The minimum absolute atomic E-state index is 0. The molecule has 1 aliphatic rings. The number of rotatable bonds is 7. The van der Waals surface area contributed by atoms with Gasteiger partial charge in [-0.05, 0) is 51.3 Å². The number of benzene rings is 1. The maximum Gasteiger partial charge on any atom is 0.234 e. The topological polar surface area (TPSA) is 71.8 Å². The zero-order valence-corrected chi connectivity index (χ0v) is 14.8. The number of nitrogens with zero attached hydrogens (tertiary/aromatic N) is 3. The molecule has 0 atom stereocenters. The van der Waals surface area contributed by atoms with E-state index < -0.39 is 5.54 Å². The van der Waals surface area contributed by atoms with Crippen LogP contribution in [0.4, 0.5) is 0 Å². The van der Waals surface area contributed by atoms with E-state index in [4.69, 9.17) is 0 Å². The SMILES string of the molecule is CC(C)(NC(=O)CNCC1CC1)c1cn(-c2ccccc2)nn1.Cl. The Balaban J connectivity index is 0.00000208. The molecule has 1 aliphatic carbocycles. The molecule has 0 radical (unpaired) electrons. The first-order chi connectivity index (χ1) is 11.0. The van der Waals surface area contributed by atoms with Gasteiger partial charge >= 0.3 is 0 Å². The van der Waals surface area contributed by atoms with Crippen molar-refractivity contribution in [1.82, 2.24) is 25.6 Å². The highest BCUT2D eigenvalue weighted by molar-refractivity contribution is 5.85. The average molecular weight is 350 g/mol. The lowest BCUT2D eigenvalue weighted by molar-refractivity contribution is -0.122. The second kappa shape index (κ2) is 7.77. The van der Waals surface area contributed by atoms with Gasteiger partial charge in [0.2, 0.25) is 5.91 Å². The molecule has 2 aromatic rings. The van der Waals surface area contributed by atoms with Crippen LogP contribution >= 0.6 is 12.4 Å². The number of carbonyl (C=O) groups is 1. The van der Waals surface area contributed by atoms with Crippen LogP contribution in [0.1, 0.15) is 32.4 Å². The highest BCUT2D eigenvalue weighted by Crippen LogP contribution is 2.27. The van der Waals surface area contributed by atoms with E-state index in [9.17, 15) is 4.79 Å². The lowest BCUT2D eigenvalue weighted by Gasteiger charge is -2.23. The summed E-state index contributed by atoms with van der Waals surface area (Å²) < 4.78 is 1.72. The largest absolute Gasteiger partial charge is 0.344 e. The van der Waals surface area contributed by atoms with Crippen molar-refractivity contribution in [3.8, 4) is 5.69 Å². The Hall–Kier alpha value is -1.92. The monoisotopic (exact) mass is 349 g/mol. The summed E-state index contributed by atoms with van der Waals surface area (Å²) in [6.45, 7) is 5.14. The van der Waals surface area contributed by atoms with Crippen molar-refractivity contribution in [2.45, 2.75) is 32.2 Å². The molecule has 6 nitrogen and oxygen atoms in total. The number of hydrogen-bond donors (Lipinski definition) is 2. The summed E-state index contributed by atoms with van der Waals surface area (Å²) in [7, 11) is 0. The average Bonchev–Trinajstić information content (AvgIpc) is 3.20. The number of amides is 1. The number of para-hydroxylation sites is 1. The molecule has 0 unspecified atom stereocenters. The van der Waals surface area contributed by atoms with E-state index in [2.05, 4.69) is 20.9 Å². The van der Waals surface area contributed by atoms with E-state index in [1.54, 1.807) is 4.68 Å². The summed E-state index contributed by atoms with van der Waals surface area (Å²) >= 11 is 0. The minimum Gasteiger partial charge on any atom is -0.344 e. The van der Waals surface area contributed by atoms with Gasteiger partial charge in [-0.15, -0.1) is 17.5 Å². The summed E-state index contributed by atoms with van der Waals surface area (Å²) in [4.78, 5) is 12.1. The van der Waals surface area contributed by atoms with Gasteiger partial charge < -0.3 is 10.6 Å². The molecule has 0 spiro atoms. The van der Waals surface area contributed by atoms with E-state index in [0.717, 1.165) is 23.8 Å². The van der Waals surface area contributed by atoms with Crippen molar-refractivity contribution in [3.63, 3.8) is 0 Å². The molecular formula is C17H24ClN5O. The number of halogens is 1. The number of hydrogen-bond acceptors (Lipinski definition) is 4. The van der Waals surface area contributed by atoms with Crippen LogP contribution in [-0.4, -0.2) is 34.0 Å². The highest BCUT2D eigenvalue weighted by Gasteiger charge is 2.27. The van der Waals surface area contributed by atoms with Gasteiger partial charge in [0.05, 0.1) is 24.0 Å². The lowest BCUT2D eigenvalue weighted by atomic mass is 10.0. The van der Waals surface area contributed by atoms with E-state index in [1.807, 2.05) is 50.4 Å². The molecule has 2 N–H and O–H groups in total. The fraction of sp³-hybridized carbons (Fsp3) is 0.471. The molecule has 7 heteroatoms. The van der Waals surface area contributed by atoms with Crippen molar-refractivity contribution in [3.05, 3.63) is 42.2 Å². The minimum atomic E-state index is -0.564. The van der Waals surface area contributed by atoms with Crippen molar-refractivity contribution in [2.24, 2.45) is 5.92 Å². The van der Waals surface area contributed by atoms with Gasteiger partial charge in [-0.3, -0.25) is 4.79 Å². The normalized spacial score (nSPS) is 14.1. The molecule has 1 amide bonds. The van der Waals surface area contributed by atoms with Crippen LogP contribution in [0.3, 0.4) is 0 Å². The molecule has 1 aromatic heterocycles. The maximum absolute atomic E-state index is 12.1. The van der Waals surface area contributed by atoms with Gasteiger partial charge in [0, 0.05) is 0 Å². The predicted molar refractivity (Wildman–Crippen MR) is 95.4 cm³/mol. The standard InChI is InChI=1S/C17H23N5O.ClH/c1-17(2,19-16(23)11-18-10-13-8-9-13)15-12-22(21-20-15)14-6-4-3-5-7-14;/h3-7,12-13,18H,8-11H2,1-2H3,(H,19,23);1H. The molecule has 24 heavy (non-hydrogen) atoms. The third-order valence-electron chi connectivity index (χ3n) is 4.02. The molecule has 1 aromatic carbocycles. The number of nitrogens with one attached hydrogen (secondary N) is 2.